The molecule has 0 saturated carbocycles. The van der Waals surface area contributed by atoms with Gasteiger partial charge in [0.25, 0.3) is 0 Å². The molecule has 3 rings (SSSR count). The van der Waals surface area contributed by atoms with Crippen molar-refractivity contribution in [2.24, 2.45) is 0 Å². The summed E-state index contributed by atoms with van der Waals surface area (Å²) in [6.45, 7) is 2.18. The standard InChI is InChI=1S/C12H11ClN6O/c1-8(13)10-6-19(18-16-10)7-11-15-12(17-20-11)9-4-2-3-5-14-9/h2-6,8H,7H2,1H3. The second kappa shape index (κ2) is 5.38. The predicted octanol–water partition coefficient (Wildman–Crippen LogP) is 2.07. The first-order chi connectivity index (χ1) is 9.72. The van der Waals surface area contributed by atoms with E-state index in [2.05, 4.69) is 25.4 Å². The first-order valence-electron chi connectivity index (χ1n) is 6.00. The third kappa shape index (κ3) is 2.67. The number of alkyl halides is 1. The Bertz CT molecular complexity index is 693. The Morgan fingerprint density at radius 2 is 2.30 bits per heavy atom. The van der Waals surface area contributed by atoms with Crippen molar-refractivity contribution in [3.63, 3.8) is 0 Å². The number of rotatable bonds is 4. The zero-order valence-electron chi connectivity index (χ0n) is 10.6. The maximum atomic E-state index is 5.93. The van der Waals surface area contributed by atoms with Gasteiger partial charge in [-0.2, -0.15) is 4.98 Å². The van der Waals surface area contributed by atoms with Gasteiger partial charge in [0.05, 0.1) is 11.6 Å². The van der Waals surface area contributed by atoms with E-state index in [0.29, 0.717) is 29.6 Å². The summed E-state index contributed by atoms with van der Waals surface area (Å²) in [7, 11) is 0. The van der Waals surface area contributed by atoms with Crippen molar-refractivity contribution in [2.45, 2.75) is 18.8 Å². The van der Waals surface area contributed by atoms with Crippen LogP contribution in [0.2, 0.25) is 0 Å². The van der Waals surface area contributed by atoms with Crippen LogP contribution in [0.1, 0.15) is 23.9 Å². The van der Waals surface area contributed by atoms with E-state index < -0.39 is 0 Å². The van der Waals surface area contributed by atoms with E-state index >= 15 is 0 Å². The molecule has 3 aromatic rings. The van der Waals surface area contributed by atoms with Crippen LogP contribution in [0.25, 0.3) is 11.5 Å². The van der Waals surface area contributed by atoms with Crippen molar-refractivity contribution in [3.05, 3.63) is 42.2 Å². The lowest BCUT2D eigenvalue weighted by atomic mass is 10.3. The fourth-order valence-electron chi connectivity index (χ4n) is 1.63. The quantitative estimate of drug-likeness (QED) is 0.684. The molecule has 0 aliphatic heterocycles. The van der Waals surface area contributed by atoms with Crippen molar-refractivity contribution in [1.82, 2.24) is 30.1 Å². The van der Waals surface area contributed by atoms with Crippen LogP contribution in [-0.4, -0.2) is 30.1 Å². The molecule has 102 valence electrons. The largest absolute Gasteiger partial charge is 0.337 e. The van der Waals surface area contributed by atoms with Gasteiger partial charge in [0, 0.05) is 6.20 Å². The molecule has 0 spiro atoms. The number of hydrogen-bond acceptors (Lipinski definition) is 6. The van der Waals surface area contributed by atoms with Crippen LogP contribution < -0.4 is 0 Å². The molecule has 0 aliphatic carbocycles. The summed E-state index contributed by atoms with van der Waals surface area (Å²) < 4.78 is 6.77. The zero-order valence-corrected chi connectivity index (χ0v) is 11.4. The van der Waals surface area contributed by atoms with Gasteiger partial charge in [-0.15, -0.1) is 16.7 Å². The van der Waals surface area contributed by atoms with Crippen LogP contribution in [0, 0.1) is 0 Å². The topological polar surface area (TPSA) is 82.5 Å². The second-order valence-corrected chi connectivity index (χ2v) is 4.84. The third-order valence-electron chi connectivity index (χ3n) is 2.62. The molecule has 0 aliphatic rings. The van der Waals surface area contributed by atoms with E-state index in [0.717, 1.165) is 0 Å². The molecule has 3 heterocycles. The van der Waals surface area contributed by atoms with Crippen molar-refractivity contribution in [1.29, 1.82) is 0 Å². The van der Waals surface area contributed by atoms with E-state index in [1.54, 1.807) is 17.1 Å². The Balaban J connectivity index is 1.77. The molecule has 0 saturated heterocycles. The van der Waals surface area contributed by atoms with Crippen LogP contribution >= 0.6 is 11.6 Å². The minimum atomic E-state index is -0.185. The van der Waals surface area contributed by atoms with Gasteiger partial charge in [-0.05, 0) is 19.1 Å². The third-order valence-corrected chi connectivity index (χ3v) is 2.85. The molecule has 1 unspecified atom stereocenters. The fraction of sp³-hybridized carbons (Fsp3) is 0.250. The summed E-state index contributed by atoms with van der Waals surface area (Å²) in [4.78, 5) is 8.43. The summed E-state index contributed by atoms with van der Waals surface area (Å²) >= 11 is 5.93. The van der Waals surface area contributed by atoms with Gasteiger partial charge in [0.2, 0.25) is 11.7 Å². The number of nitrogens with zero attached hydrogens (tertiary/aromatic N) is 6. The summed E-state index contributed by atoms with van der Waals surface area (Å²) in [5, 5.41) is 11.6. The van der Waals surface area contributed by atoms with Crippen LogP contribution in [-0.2, 0) is 6.54 Å². The Morgan fingerprint density at radius 3 is 3.00 bits per heavy atom. The summed E-state index contributed by atoms with van der Waals surface area (Å²) in [6.07, 6.45) is 3.43. The summed E-state index contributed by atoms with van der Waals surface area (Å²) in [5.41, 5.74) is 1.37. The highest BCUT2D eigenvalue weighted by Gasteiger charge is 2.12. The molecule has 0 fully saturated rings. The highest BCUT2D eigenvalue weighted by atomic mass is 35.5. The van der Waals surface area contributed by atoms with E-state index in [9.17, 15) is 0 Å². The van der Waals surface area contributed by atoms with Gasteiger partial charge < -0.3 is 4.52 Å². The average molecular weight is 291 g/mol. The van der Waals surface area contributed by atoms with Gasteiger partial charge in [-0.3, -0.25) is 4.98 Å². The van der Waals surface area contributed by atoms with Crippen LogP contribution in [0.4, 0.5) is 0 Å². The monoisotopic (exact) mass is 290 g/mol. The van der Waals surface area contributed by atoms with E-state index in [1.165, 1.54) is 0 Å². The molecular weight excluding hydrogens is 280 g/mol. The molecule has 0 bridgehead atoms. The lowest BCUT2D eigenvalue weighted by Crippen LogP contribution is -2.00. The first kappa shape index (κ1) is 12.7. The van der Waals surface area contributed by atoms with Gasteiger partial charge >= 0.3 is 0 Å². The predicted molar refractivity (Wildman–Crippen MR) is 70.9 cm³/mol. The molecule has 3 aromatic heterocycles. The van der Waals surface area contributed by atoms with E-state index in [1.807, 2.05) is 25.1 Å². The normalized spacial score (nSPS) is 12.5. The summed E-state index contributed by atoms with van der Waals surface area (Å²) in [5.74, 6) is 0.885. The van der Waals surface area contributed by atoms with Crippen LogP contribution in [0.3, 0.4) is 0 Å². The SMILES string of the molecule is CC(Cl)c1cn(Cc2nc(-c3ccccn3)no2)nn1. The van der Waals surface area contributed by atoms with Crippen LogP contribution in [0.5, 0.6) is 0 Å². The number of hydrogen-bond donors (Lipinski definition) is 0. The number of halogens is 1. The Labute approximate surface area is 119 Å². The molecular formula is C12H11ClN6O. The van der Waals surface area contributed by atoms with Crippen LogP contribution in [0.15, 0.2) is 35.1 Å². The number of aromatic nitrogens is 6. The van der Waals surface area contributed by atoms with E-state index in [4.69, 9.17) is 16.1 Å². The molecule has 1 atom stereocenters. The van der Waals surface area contributed by atoms with Gasteiger partial charge in [-0.25, -0.2) is 4.68 Å². The molecule has 0 N–H and O–H groups in total. The van der Waals surface area contributed by atoms with E-state index in [-0.39, 0.29) is 5.38 Å². The Hall–Kier alpha value is -2.28. The van der Waals surface area contributed by atoms with Crippen molar-refractivity contribution >= 4 is 11.6 Å². The van der Waals surface area contributed by atoms with Crippen molar-refractivity contribution in [3.8, 4) is 11.5 Å². The highest BCUT2D eigenvalue weighted by molar-refractivity contribution is 6.20. The fourth-order valence-corrected chi connectivity index (χ4v) is 1.73. The minimum Gasteiger partial charge on any atom is -0.337 e. The lowest BCUT2D eigenvalue weighted by molar-refractivity contribution is 0.364. The Morgan fingerprint density at radius 1 is 1.40 bits per heavy atom. The van der Waals surface area contributed by atoms with Crippen molar-refractivity contribution < 1.29 is 4.52 Å². The Kier molecular flexibility index (Phi) is 3.42. The average Bonchev–Trinajstić information content (AvgIpc) is 3.10. The highest BCUT2D eigenvalue weighted by Crippen LogP contribution is 2.16. The smallest absolute Gasteiger partial charge is 0.248 e. The van der Waals surface area contributed by atoms with Gasteiger partial charge in [0.15, 0.2) is 0 Å². The molecule has 8 heteroatoms. The molecule has 0 radical (unpaired) electrons. The summed E-state index contributed by atoms with van der Waals surface area (Å²) in [6, 6.07) is 5.51. The minimum absolute atomic E-state index is 0.185. The maximum Gasteiger partial charge on any atom is 0.248 e. The molecule has 20 heavy (non-hydrogen) atoms. The molecule has 7 nitrogen and oxygen atoms in total. The van der Waals surface area contributed by atoms with Crippen molar-refractivity contribution in [2.75, 3.05) is 0 Å². The molecule has 0 aromatic carbocycles. The first-order valence-corrected chi connectivity index (χ1v) is 6.44. The van der Waals surface area contributed by atoms with Gasteiger partial charge in [0.1, 0.15) is 17.9 Å². The second-order valence-electron chi connectivity index (χ2n) is 4.18. The zero-order chi connectivity index (χ0) is 13.9. The lowest BCUT2D eigenvalue weighted by Gasteiger charge is -1.94. The molecule has 0 amide bonds. The number of pyridine rings is 1. The maximum absolute atomic E-state index is 5.93. The van der Waals surface area contributed by atoms with Gasteiger partial charge in [-0.1, -0.05) is 16.4 Å².